The number of aromatic nitrogens is 3. The number of ketones is 1. The van der Waals surface area contributed by atoms with Gasteiger partial charge in [0.2, 0.25) is 17.7 Å². The van der Waals surface area contributed by atoms with Gasteiger partial charge in [-0.2, -0.15) is 0 Å². The molecule has 4 aromatic rings. The van der Waals surface area contributed by atoms with Gasteiger partial charge in [0.15, 0.2) is 5.82 Å². The Bertz CT molecular complexity index is 2160. The third kappa shape index (κ3) is 8.84. The van der Waals surface area contributed by atoms with E-state index >= 15 is 0 Å². The largest absolute Gasteiger partial charge is 0.352 e. The van der Waals surface area contributed by atoms with Gasteiger partial charge in [0.25, 0.3) is 0 Å². The molecular formula is C45H61F2N7O4. The number of H-pyrrole nitrogens is 1. The van der Waals surface area contributed by atoms with Crippen molar-refractivity contribution >= 4 is 45.4 Å². The summed E-state index contributed by atoms with van der Waals surface area (Å²) in [5.41, 5.74) is 2.67. The molecule has 0 unspecified atom stereocenters. The maximum absolute atomic E-state index is 14.8. The number of nitrogens with zero attached hydrogens (tertiary/aromatic N) is 4. The number of likely N-dealkylation sites (N-methyl/N-ethyl adjacent to an activating group) is 1. The maximum Gasteiger partial charge on any atom is 0.246 e. The molecule has 0 bridgehead atoms. The zero-order valence-corrected chi connectivity index (χ0v) is 35.4. The van der Waals surface area contributed by atoms with Gasteiger partial charge in [-0.15, -0.1) is 0 Å². The van der Waals surface area contributed by atoms with Gasteiger partial charge >= 0.3 is 0 Å². The molecule has 2 aromatic carbocycles. The van der Waals surface area contributed by atoms with Crippen LogP contribution in [0.25, 0.3) is 33.5 Å². The van der Waals surface area contributed by atoms with Crippen molar-refractivity contribution in [2.45, 2.75) is 131 Å². The van der Waals surface area contributed by atoms with Crippen LogP contribution in [0.2, 0.25) is 0 Å². The number of halogens is 2. The average Bonchev–Trinajstić information content (AvgIpc) is 4.00. The van der Waals surface area contributed by atoms with Gasteiger partial charge < -0.3 is 30.0 Å². The van der Waals surface area contributed by atoms with Gasteiger partial charge in [0, 0.05) is 66.9 Å². The summed E-state index contributed by atoms with van der Waals surface area (Å²) < 4.78 is 31.6. The SMILES string of the molecule is CC[C@H](CC(=O)[C@H](C)NC)C(=O)N1CCC[C@H]1Cc1c(-c2nc3cc(F)ccc3n2C[C@@H]2CCCN2C(=O)[C@@H](NC(=O)[C@H](C)CC)C(C)(C)C)[nH]c2cc(F)ccc12. The first kappa shape index (κ1) is 42.9. The highest BCUT2D eigenvalue weighted by molar-refractivity contribution is 5.93. The molecule has 0 spiro atoms. The summed E-state index contributed by atoms with van der Waals surface area (Å²) in [6.45, 7) is 14.9. The molecule has 2 aliphatic heterocycles. The Morgan fingerprint density at radius 2 is 1.57 bits per heavy atom. The van der Waals surface area contributed by atoms with Crippen LogP contribution in [-0.2, 0) is 32.1 Å². The number of aromatic amines is 1. The Morgan fingerprint density at radius 3 is 2.22 bits per heavy atom. The topological polar surface area (TPSA) is 132 Å². The maximum atomic E-state index is 14.8. The van der Waals surface area contributed by atoms with Crippen molar-refractivity contribution < 1.29 is 28.0 Å². The second-order valence-corrected chi connectivity index (χ2v) is 17.6. The van der Waals surface area contributed by atoms with E-state index in [4.69, 9.17) is 4.98 Å². The summed E-state index contributed by atoms with van der Waals surface area (Å²) in [6, 6.07) is 7.64. The van der Waals surface area contributed by atoms with E-state index in [0.29, 0.717) is 67.0 Å². The van der Waals surface area contributed by atoms with Crippen molar-refractivity contribution in [1.29, 1.82) is 0 Å². The summed E-state index contributed by atoms with van der Waals surface area (Å²) in [6.07, 6.45) is 4.91. The van der Waals surface area contributed by atoms with Crippen molar-refractivity contribution in [3.63, 3.8) is 0 Å². The predicted molar refractivity (Wildman–Crippen MR) is 223 cm³/mol. The van der Waals surface area contributed by atoms with E-state index in [1.54, 1.807) is 26.1 Å². The van der Waals surface area contributed by atoms with Crippen molar-refractivity contribution in [2.24, 2.45) is 17.3 Å². The summed E-state index contributed by atoms with van der Waals surface area (Å²) in [7, 11) is 1.74. The Balaban J connectivity index is 1.38. The molecule has 4 heterocycles. The number of hydrogen-bond acceptors (Lipinski definition) is 6. The summed E-state index contributed by atoms with van der Waals surface area (Å²) in [5, 5.41) is 6.85. The molecule has 0 saturated carbocycles. The van der Waals surface area contributed by atoms with Crippen LogP contribution in [0.1, 0.15) is 99.0 Å². The minimum atomic E-state index is -0.730. The quantitative estimate of drug-likeness (QED) is 0.117. The second-order valence-electron chi connectivity index (χ2n) is 17.6. The van der Waals surface area contributed by atoms with E-state index in [9.17, 15) is 28.0 Å². The number of carbonyl (C=O) groups excluding carboxylic acids is 4. The molecule has 314 valence electrons. The van der Waals surface area contributed by atoms with Crippen LogP contribution in [0, 0.1) is 28.9 Å². The number of carbonyl (C=O) groups is 4. The normalized spacial score (nSPS) is 19.5. The van der Waals surface area contributed by atoms with Crippen molar-refractivity contribution in [2.75, 3.05) is 20.1 Å². The molecule has 0 aliphatic carbocycles. The standard InChI is InChI=1S/C45H61F2N7O4/c1-9-26(3)42(56)51-40(45(5,6)7)44(58)53-20-12-14-32(53)25-54-37-18-16-30(47)23-36(37)50-41(54)39-34(33-17-15-29(46)22-35(33)49-39)24-31-13-11-19-52(31)43(57)28(10-2)21-38(55)27(4)48-8/h15-18,22-23,26-28,31-32,40,48-49H,9-14,19-21,24-25H2,1-8H3,(H,51,56)/t26-,27+,28-,31+,32+,40-/m1/s1. The van der Waals surface area contributed by atoms with Gasteiger partial charge in [-0.25, -0.2) is 13.8 Å². The molecule has 2 fully saturated rings. The molecule has 3 N–H and O–H groups in total. The van der Waals surface area contributed by atoms with Gasteiger partial charge in [0.05, 0.1) is 22.8 Å². The summed E-state index contributed by atoms with van der Waals surface area (Å²) in [4.78, 5) is 66.8. The van der Waals surface area contributed by atoms with E-state index in [2.05, 4.69) is 15.6 Å². The Morgan fingerprint density at radius 1 is 0.914 bits per heavy atom. The van der Waals surface area contributed by atoms with Crippen LogP contribution in [0.4, 0.5) is 8.78 Å². The molecule has 6 atom stereocenters. The number of rotatable bonds is 15. The van der Waals surface area contributed by atoms with E-state index < -0.39 is 29.0 Å². The van der Waals surface area contributed by atoms with Crippen LogP contribution in [0.3, 0.4) is 0 Å². The lowest BCUT2D eigenvalue weighted by molar-refractivity contribution is -0.141. The highest BCUT2D eigenvalue weighted by atomic mass is 19.1. The molecule has 58 heavy (non-hydrogen) atoms. The number of likely N-dealkylation sites (tertiary alicyclic amines) is 2. The highest BCUT2D eigenvalue weighted by Crippen LogP contribution is 2.37. The molecule has 2 saturated heterocycles. The summed E-state index contributed by atoms with van der Waals surface area (Å²) >= 11 is 0. The summed E-state index contributed by atoms with van der Waals surface area (Å²) in [5.74, 6) is -1.29. The molecule has 11 nitrogen and oxygen atoms in total. The first-order valence-electron chi connectivity index (χ1n) is 21.1. The Kier molecular flexibility index (Phi) is 13.1. The van der Waals surface area contributed by atoms with Gasteiger partial charge in [-0.3, -0.25) is 19.2 Å². The number of imidazole rings is 1. The van der Waals surface area contributed by atoms with Crippen molar-refractivity contribution in [1.82, 2.24) is 35.0 Å². The number of nitrogens with one attached hydrogen (secondary N) is 3. The first-order chi connectivity index (χ1) is 27.6. The predicted octanol–water partition coefficient (Wildman–Crippen LogP) is 7.16. The van der Waals surface area contributed by atoms with Crippen LogP contribution in [0.5, 0.6) is 0 Å². The van der Waals surface area contributed by atoms with Crippen molar-refractivity contribution in [3.05, 3.63) is 53.6 Å². The van der Waals surface area contributed by atoms with E-state index in [1.807, 2.05) is 55.9 Å². The fourth-order valence-electron chi connectivity index (χ4n) is 8.72. The molecule has 2 aromatic heterocycles. The molecule has 3 amide bonds. The minimum Gasteiger partial charge on any atom is -0.352 e. The number of amides is 3. The zero-order chi connectivity index (χ0) is 42.1. The fourth-order valence-corrected chi connectivity index (χ4v) is 8.72. The fraction of sp³-hybridized carbons (Fsp3) is 0.578. The number of hydrogen-bond donors (Lipinski definition) is 3. The Hall–Kier alpha value is -4.65. The van der Waals surface area contributed by atoms with Gasteiger partial charge in [-0.05, 0) is 100 Å². The van der Waals surface area contributed by atoms with E-state index in [-0.39, 0.29) is 54.0 Å². The monoisotopic (exact) mass is 801 g/mol. The average molecular weight is 802 g/mol. The molecule has 2 aliphatic rings. The number of fused-ring (bicyclic) bond motifs is 2. The Labute approximate surface area is 340 Å². The molecule has 13 heteroatoms. The molecule has 6 rings (SSSR count). The van der Waals surface area contributed by atoms with Gasteiger partial charge in [-0.1, -0.05) is 41.5 Å². The highest BCUT2D eigenvalue weighted by Gasteiger charge is 2.41. The number of Topliss-reactive ketones (excluding diaryl/α,β-unsaturated/α-hetero) is 1. The van der Waals surface area contributed by atoms with Crippen LogP contribution in [-0.4, -0.2) is 92.1 Å². The lowest BCUT2D eigenvalue weighted by atomic mass is 9.85. The third-order valence-electron chi connectivity index (χ3n) is 12.6. The molecular weight excluding hydrogens is 741 g/mol. The van der Waals surface area contributed by atoms with Crippen LogP contribution in [0.15, 0.2) is 36.4 Å². The van der Waals surface area contributed by atoms with E-state index in [0.717, 1.165) is 36.6 Å². The van der Waals surface area contributed by atoms with Crippen LogP contribution < -0.4 is 10.6 Å². The minimum absolute atomic E-state index is 0.00188. The molecule has 0 radical (unpaired) electrons. The van der Waals surface area contributed by atoms with Crippen molar-refractivity contribution in [3.8, 4) is 11.5 Å². The zero-order valence-electron chi connectivity index (χ0n) is 35.4. The second kappa shape index (κ2) is 17.7. The first-order valence-corrected chi connectivity index (χ1v) is 21.1. The third-order valence-corrected chi connectivity index (χ3v) is 12.6. The lowest BCUT2D eigenvalue weighted by Crippen LogP contribution is -2.56. The van der Waals surface area contributed by atoms with E-state index in [1.165, 1.54) is 24.3 Å². The smallest absolute Gasteiger partial charge is 0.246 e. The van der Waals surface area contributed by atoms with Gasteiger partial charge in [0.1, 0.15) is 23.5 Å². The number of benzene rings is 2. The lowest BCUT2D eigenvalue weighted by Gasteiger charge is -2.36. The van der Waals surface area contributed by atoms with Crippen LogP contribution >= 0.6 is 0 Å².